The summed E-state index contributed by atoms with van der Waals surface area (Å²) in [4.78, 5) is 0. The minimum atomic E-state index is 0.949. The van der Waals surface area contributed by atoms with Crippen LogP contribution in [0, 0.1) is 5.92 Å². The van der Waals surface area contributed by atoms with Crippen LogP contribution in [0.25, 0.3) is 0 Å². The molecular formula is C10H17N. The van der Waals surface area contributed by atoms with Crippen LogP contribution in [-0.2, 0) is 0 Å². The Kier molecular flexibility index (Phi) is 2.27. The van der Waals surface area contributed by atoms with E-state index < -0.39 is 0 Å². The van der Waals surface area contributed by atoms with Crippen molar-refractivity contribution in [3.8, 4) is 0 Å². The number of rotatable bonds is 1. The molecule has 1 aliphatic carbocycles. The van der Waals surface area contributed by atoms with Crippen LogP contribution in [0.15, 0.2) is 11.6 Å². The van der Waals surface area contributed by atoms with Gasteiger partial charge in [-0.3, -0.25) is 0 Å². The molecule has 1 aliphatic heterocycles. The second-order valence-electron chi connectivity index (χ2n) is 3.80. The van der Waals surface area contributed by atoms with Gasteiger partial charge in [-0.05, 0) is 38.1 Å². The first kappa shape index (κ1) is 7.35. The number of hydrogen-bond acceptors (Lipinski definition) is 1. The fraction of sp³-hybridized carbons (Fsp3) is 0.800. The number of allylic oxidation sites excluding steroid dienone is 1. The number of piperidine rings is 1. The van der Waals surface area contributed by atoms with Crippen molar-refractivity contribution >= 4 is 0 Å². The lowest BCUT2D eigenvalue weighted by Crippen LogP contribution is -2.24. The van der Waals surface area contributed by atoms with Crippen molar-refractivity contribution in [2.45, 2.75) is 32.1 Å². The first-order valence-electron chi connectivity index (χ1n) is 4.85. The molecule has 1 saturated carbocycles. The standard InChI is InChI=1S/C10H17N/c1-3-9(4-1)7-10-5-2-6-11-8-10/h7,9,11H,1-6,8H2/b10-7-. The Labute approximate surface area is 68.9 Å². The minimum Gasteiger partial charge on any atom is -0.313 e. The van der Waals surface area contributed by atoms with Crippen LogP contribution >= 0.6 is 0 Å². The van der Waals surface area contributed by atoms with E-state index in [-0.39, 0.29) is 0 Å². The van der Waals surface area contributed by atoms with Gasteiger partial charge in [-0.1, -0.05) is 18.1 Å². The Morgan fingerprint density at radius 2 is 2.18 bits per heavy atom. The zero-order chi connectivity index (χ0) is 7.52. The molecule has 1 N–H and O–H groups in total. The Hall–Kier alpha value is -0.300. The highest BCUT2D eigenvalue weighted by atomic mass is 14.9. The van der Waals surface area contributed by atoms with E-state index in [1.165, 1.54) is 38.6 Å². The third-order valence-corrected chi connectivity index (χ3v) is 2.82. The quantitative estimate of drug-likeness (QED) is 0.566. The first-order chi connectivity index (χ1) is 5.45. The van der Waals surface area contributed by atoms with Crippen LogP contribution in [0.1, 0.15) is 32.1 Å². The van der Waals surface area contributed by atoms with Crippen LogP contribution in [-0.4, -0.2) is 13.1 Å². The Balaban J connectivity index is 1.85. The predicted molar refractivity (Wildman–Crippen MR) is 47.5 cm³/mol. The first-order valence-corrected chi connectivity index (χ1v) is 4.85. The maximum atomic E-state index is 3.42. The van der Waals surface area contributed by atoms with Gasteiger partial charge in [-0.25, -0.2) is 0 Å². The molecule has 0 aromatic carbocycles. The molecule has 0 aromatic heterocycles. The molecule has 1 saturated heterocycles. The summed E-state index contributed by atoms with van der Waals surface area (Å²) in [5.41, 5.74) is 1.67. The Morgan fingerprint density at radius 1 is 1.27 bits per heavy atom. The summed E-state index contributed by atoms with van der Waals surface area (Å²) in [6.45, 7) is 2.39. The molecule has 0 unspecified atom stereocenters. The summed E-state index contributed by atoms with van der Waals surface area (Å²) in [6.07, 6.45) is 9.58. The van der Waals surface area contributed by atoms with Gasteiger partial charge in [0.15, 0.2) is 0 Å². The second kappa shape index (κ2) is 3.40. The smallest absolute Gasteiger partial charge is 0.0164 e. The highest BCUT2D eigenvalue weighted by Crippen LogP contribution is 2.29. The van der Waals surface area contributed by atoms with Crippen LogP contribution in [0.2, 0.25) is 0 Å². The SMILES string of the molecule is C(=C1\CCCNC1)/C1CCC1. The summed E-state index contributed by atoms with van der Waals surface area (Å²) < 4.78 is 0. The minimum absolute atomic E-state index is 0.949. The van der Waals surface area contributed by atoms with Crippen LogP contribution < -0.4 is 5.32 Å². The molecule has 1 heteroatoms. The van der Waals surface area contributed by atoms with Crippen molar-refractivity contribution in [2.75, 3.05) is 13.1 Å². The van der Waals surface area contributed by atoms with Gasteiger partial charge in [0.2, 0.25) is 0 Å². The van der Waals surface area contributed by atoms with Crippen molar-refractivity contribution in [2.24, 2.45) is 5.92 Å². The molecule has 1 nitrogen and oxygen atoms in total. The number of hydrogen-bond donors (Lipinski definition) is 1. The Morgan fingerprint density at radius 3 is 2.73 bits per heavy atom. The largest absolute Gasteiger partial charge is 0.313 e. The van der Waals surface area contributed by atoms with E-state index in [9.17, 15) is 0 Å². The molecular weight excluding hydrogens is 134 g/mol. The fourth-order valence-electron chi connectivity index (χ4n) is 1.86. The molecule has 0 bridgehead atoms. The maximum absolute atomic E-state index is 3.42. The lowest BCUT2D eigenvalue weighted by atomic mass is 9.83. The Bertz CT molecular complexity index is 148. The van der Waals surface area contributed by atoms with Crippen molar-refractivity contribution in [1.82, 2.24) is 5.32 Å². The molecule has 1 heterocycles. The molecule has 0 radical (unpaired) electrons. The van der Waals surface area contributed by atoms with Gasteiger partial charge in [0, 0.05) is 6.54 Å². The monoisotopic (exact) mass is 151 g/mol. The summed E-state index contributed by atoms with van der Waals surface area (Å²) in [5.74, 6) is 0.949. The van der Waals surface area contributed by atoms with Crippen LogP contribution in [0.4, 0.5) is 0 Å². The summed E-state index contributed by atoms with van der Waals surface area (Å²) in [6, 6.07) is 0. The molecule has 2 rings (SSSR count). The topological polar surface area (TPSA) is 12.0 Å². The maximum Gasteiger partial charge on any atom is 0.0164 e. The summed E-state index contributed by atoms with van der Waals surface area (Å²) in [7, 11) is 0. The van der Waals surface area contributed by atoms with Crippen LogP contribution in [0.3, 0.4) is 0 Å². The highest BCUT2D eigenvalue weighted by Gasteiger charge is 2.16. The number of nitrogens with one attached hydrogen (secondary N) is 1. The van der Waals surface area contributed by atoms with Crippen molar-refractivity contribution < 1.29 is 0 Å². The second-order valence-corrected chi connectivity index (χ2v) is 3.80. The lowest BCUT2D eigenvalue weighted by Gasteiger charge is -2.25. The fourth-order valence-corrected chi connectivity index (χ4v) is 1.86. The van der Waals surface area contributed by atoms with Gasteiger partial charge >= 0.3 is 0 Å². The molecule has 62 valence electrons. The van der Waals surface area contributed by atoms with Gasteiger partial charge in [-0.15, -0.1) is 0 Å². The third-order valence-electron chi connectivity index (χ3n) is 2.82. The van der Waals surface area contributed by atoms with E-state index in [0.717, 1.165) is 12.5 Å². The van der Waals surface area contributed by atoms with Crippen molar-refractivity contribution in [3.63, 3.8) is 0 Å². The molecule has 0 spiro atoms. The predicted octanol–water partition coefficient (Wildman–Crippen LogP) is 2.10. The molecule has 11 heavy (non-hydrogen) atoms. The molecule has 0 amide bonds. The van der Waals surface area contributed by atoms with Crippen molar-refractivity contribution in [1.29, 1.82) is 0 Å². The van der Waals surface area contributed by atoms with Gasteiger partial charge in [0.05, 0.1) is 0 Å². The third kappa shape index (κ3) is 1.84. The molecule has 2 fully saturated rings. The van der Waals surface area contributed by atoms with E-state index in [1.807, 2.05) is 0 Å². The van der Waals surface area contributed by atoms with Crippen LogP contribution in [0.5, 0.6) is 0 Å². The zero-order valence-electron chi connectivity index (χ0n) is 7.10. The van der Waals surface area contributed by atoms with E-state index in [1.54, 1.807) is 5.57 Å². The molecule has 0 aromatic rings. The normalized spacial score (nSPS) is 30.4. The molecule has 0 atom stereocenters. The van der Waals surface area contributed by atoms with E-state index in [2.05, 4.69) is 11.4 Å². The van der Waals surface area contributed by atoms with Gasteiger partial charge in [0.25, 0.3) is 0 Å². The van der Waals surface area contributed by atoms with E-state index >= 15 is 0 Å². The lowest BCUT2D eigenvalue weighted by molar-refractivity contribution is 0.383. The summed E-state index contributed by atoms with van der Waals surface area (Å²) in [5, 5.41) is 3.42. The zero-order valence-corrected chi connectivity index (χ0v) is 7.10. The highest BCUT2D eigenvalue weighted by molar-refractivity contribution is 5.09. The molecule has 2 aliphatic rings. The van der Waals surface area contributed by atoms with Gasteiger partial charge in [-0.2, -0.15) is 0 Å². The van der Waals surface area contributed by atoms with E-state index in [0.29, 0.717) is 0 Å². The average Bonchev–Trinajstić information content (AvgIpc) is 1.99. The average molecular weight is 151 g/mol. The van der Waals surface area contributed by atoms with Gasteiger partial charge < -0.3 is 5.32 Å². The summed E-state index contributed by atoms with van der Waals surface area (Å²) >= 11 is 0. The van der Waals surface area contributed by atoms with Crippen molar-refractivity contribution in [3.05, 3.63) is 11.6 Å². The van der Waals surface area contributed by atoms with Gasteiger partial charge in [0.1, 0.15) is 0 Å². The van der Waals surface area contributed by atoms with E-state index in [4.69, 9.17) is 0 Å².